The quantitative estimate of drug-likeness (QED) is 0.496. The van der Waals surface area contributed by atoms with Crippen molar-refractivity contribution in [3.05, 3.63) is 65.2 Å². The first-order valence-corrected chi connectivity index (χ1v) is 10.6. The minimum Gasteiger partial charge on any atom is -0.491 e. The predicted octanol–water partition coefficient (Wildman–Crippen LogP) is 7.80. The Morgan fingerprint density at radius 2 is 1.14 bits per heavy atom. The third-order valence-electron chi connectivity index (χ3n) is 5.22. The van der Waals surface area contributed by atoms with E-state index in [1.54, 1.807) is 0 Å². The van der Waals surface area contributed by atoms with Gasteiger partial charge >= 0.3 is 0 Å². The van der Waals surface area contributed by atoms with Crippen LogP contribution in [0.15, 0.2) is 48.5 Å². The van der Waals surface area contributed by atoms with Gasteiger partial charge in [-0.05, 0) is 59.4 Å². The van der Waals surface area contributed by atoms with E-state index in [1.807, 2.05) is 0 Å². The summed E-state index contributed by atoms with van der Waals surface area (Å²) in [6.07, 6.45) is 2.36. The minimum atomic E-state index is -0.0319. The average molecular weight is 381 g/mol. The summed E-state index contributed by atoms with van der Waals surface area (Å²) in [5.74, 6) is 0.955. The van der Waals surface area contributed by atoms with Gasteiger partial charge in [0, 0.05) is 5.41 Å². The lowest BCUT2D eigenvalue weighted by Gasteiger charge is -2.28. The molecule has 2 aromatic rings. The second-order valence-electron chi connectivity index (χ2n) is 11.3. The largest absolute Gasteiger partial charge is 0.491 e. The van der Waals surface area contributed by atoms with Crippen LogP contribution in [0.1, 0.15) is 85.4 Å². The van der Waals surface area contributed by atoms with Crippen LogP contribution in [0.25, 0.3) is 0 Å². The van der Waals surface area contributed by atoms with Crippen LogP contribution in [-0.2, 0) is 11.8 Å². The molecular formula is C27H40O. The molecule has 0 fully saturated rings. The molecule has 0 saturated carbocycles. The van der Waals surface area contributed by atoms with Crippen molar-refractivity contribution in [2.75, 3.05) is 0 Å². The number of rotatable bonds is 6. The average Bonchev–Trinajstić information content (AvgIpc) is 2.52. The third-order valence-corrected chi connectivity index (χ3v) is 5.22. The van der Waals surface area contributed by atoms with E-state index in [-0.39, 0.29) is 16.9 Å². The van der Waals surface area contributed by atoms with Gasteiger partial charge in [-0.3, -0.25) is 0 Å². The molecule has 1 nitrogen and oxygen atoms in total. The van der Waals surface area contributed by atoms with Crippen molar-refractivity contribution in [1.29, 1.82) is 0 Å². The monoisotopic (exact) mass is 380 g/mol. The van der Waals surface area contributed by atoms with E-state index in [1.165, 1.54) is 16.7 Å². The first kappa shape index (κ1) is 22.5. The van der Waals surface area contributed by atoms with Gasteiger partial charge in [0.1, 0.15) is 5.75 Å². The molecule has 154 valence electrons. The van der Waals surface area contributed by atoms with Crippen LogP contribution < -0.4 is 4.74 Å². The predicted molar refractivity (Wildman–Crippen MR) is 122 cm³/mol. The summed E-state index contributed by atoms with van der Waals surface area (Å²) in [6, 6.07) is 17.8. The van der Waals surface area contributed by atoms with Crippen LogP contribution >= 0.6 is 0 Å². The molecule has 1 atom stereocenters. The Morgan fingerprint density at radius 1 is 0.679 bits per heavy atom. The first-order chi connectivity index (χ1) is 12.8. The van der Waals surface area contributed by atoms with Gasteiger partial charge in [0.15, 0.2) is 0 Å². The minimum absolute atomic E-state index is 0.0319. The van der Waals surface area contributed by atoms with Gasteiger partial charge in [0.25, 0.3) is 0 Å². The zero-order valence-electron chi connectivity index (χ0n) is 19.5. The molecule has 0 radical (unpaired) electrons. The van der Waals surface area contributed by atoms with E-state index in [2.05, 4.69) is 111 Å². The molecule has 0 aromatic heterocycles. The number of hydrogen-bond donors (Lipinski definition) is 0. The van der Waals surface area contributed by atoms with Gasteiger partial charge in [-0.2, -0.15) is 0 Å². The smallest absolute Gasteiger partial charge is 0.119 e. The highest BCUT2D eigenvalue weighted by molar-refractivity contribution is 5.41. The number of ether oxygens (including phenoxy) is 1. The Bertz CT molecular complexity index is 737. The van der Waals surface area contributed by atoms with Crippen molar-refractivity contribution in [2.45, 2.75) is 86.7 Å². The molecule has 0 spiro atoms. The fourth-order valence-electron chi connectivity index (χ4n) is 3.90. The van der Waals surface area contributed by atoms with Gasteiger partial charge in [-0.15, -0.1) is 0 Å². The Hall–Kier alpha value is -1.76. The van der Waals surface area contributed by atoms with E-state index < -0.39 is 0 Å². The second kappa shape index (κ2) is 8.31. The number of benzene rings is 2. The maximum atomic E-state index is 6.13. The molecular weight excluding hydrogens is 340 g/mol. The van der Waals surface area contributed by atoms with Crippen molar-refractivity contribution in [1.82, 2.24) is 0 Å². The molecule has 28 heavy (non-hydrogen) atoms. The van der Waals surface area contributed by atoms with Crippen LogP contribution in [0.5, 0.6) is 5.75 Å². The topological polar surface area (TPSA) is 9.23 Å². The normalized spacial score (nSPS) is 14.0. The molecule has 2 aromatic carbocycles. The molecule has 0 aliphatic carbocycles. The van der Waals surface area contributed by atoms with Crippen molar-refractivity contribution in [2.24, 2.45) is 10.8 Å². The van der Waals surface area contributed by atoms with Crippen molar-refractivity contribution >= 4 is 0 Å². The molecule has 1 heteroatoms. The lowest BCUT2D eigenvalue weighted by Crippen LogP contribution is -2.21. The summed E-state index contributed by atoms with van der Waals surface area (Å²) in [6.45, 7) is 20.4. The molecule has 1 unspecified atom stereocenters. The first-order valence-electron chi connectivity index (χ1n) is 10.6. The SMILES string of the molecule is CC(CC(C)(C)C)Oc1ccc(C(C)(C)c2ccc(CC(C)(C)C)cc2)cc1. The van der Waals surface area contributed by atoms with Gasteiger partial charge in [0.2, 0.25) is 0 Å². The highest BCUT2D eigenvalue weighted by atomic mass is 16.5. The van der Waals surface area contributed by atoms with Crippen LogP contribution in [-0.4, -0.2) is 6.10 Å². The lowest BCUT2D eigenvalue weighted by molar-refractivity contribution is 0.160. The van der Waals surface area contributed by atoms with E-state index in [9.17, 15) is 0 Å². The van der Waals surface area contributed by atoms with Crippen molar-refractivity contribution in [3.8, 4) is 5.75 Å². The molecule has 0 amide bonds. The summed E-state index contributed by atoms with van der Waals surface area (Å²) in [7, 11) is 0. The van der Waals surface area contributed by atoms with Gasteiger partial charge in [-0.1, -0.05) is 91.8 Å². The molecule has 0 aliphatic heterocycles. The Kier molecular flexibility index (Phi) is 6.69. The maximum absolute atomic E-state index is 6.13. The fourth-order valence-corrected chi connectivity index (χ4v) is 3.90. The fraction of sp³-hybridized carbons (Fsp3) is 0.556. The Morgan fingerprint density at radius 3 is 1.57 bits per heavy atom. The summed E-state index contributed by atoms with van der Waals surface area (Å²) in [4.78, 5) is 0. The van der Waals surface area contributed by atoms with E-state index in [4.69, 9.17) is 4.74 Å². The Balaban J connectivity index is 2.11. The summed E-state index contributed by atoms with van der Waals surface area (Å²) in [5, 5.41) is 0. The van der Waals surface area contributed by atoms with Crippen LogP contribution in [0.2, 0.25) is 0 Å². The van der Waals surface area contributed by atoms with Crippen LogP contribution in [0.4, 0.5) is 0 Å². The van der Waals surface area contributed by atoms with E-state index in [0.717, 1.165) is 18.6 Å². The molecule has 0 bridgehead atoms. The molecule has 2 rings (SSSR count). The molecule has 0 aliphatic rings. The second-order valence-corrected chi connectivity index (χ2v) is 11.3. The zero-order valence-corrected chi connectivity index (χ0v) is 19.5. The van der Waals surface area contributed by atoms with Gasteiger partial charge in [0.05, 0.1) is 6.10 Å². The highest BCUT2D eigenvalue weighted by Gasteiger charge is 2.24. The Labute approximate surface area is 173 Å². The molecule has 0 heterocycles. The standard InChI is InChI=1S/C27H40O/c1-20(18-25(2,3)4)28-24-16-14-23(15-17-24)27(8,9)22-12-10-21(11-13-22)19-26(5,6)7/h10-17,20H,18-19H2,1-9H3. The highest BCUT2D eigenvalue weighted by Crippen LogP contribution is 2.33. The summed E-state index contributed by atoms with van der Waals surface area (Å²) < 4.78 is 6.13. The molecule has 0 saturated heterocycles. The summed E-state index contributed by atoms with van der Waals surface area (Å²) >= 11 is 0. The van der Waals surface area contributed by atoms with E-state index >= 15 is 0 Å². The summed E-state index contributed by atoms with van der Waals surface area (Å²) in [5.41, 5.74) is 4.63. The third kappa shape index (κ3) is 6.69. The van der Waals surface area contributed by atoms with Gasteiger partial charge in [-0.25, -0.2) is 0 Å². The number of hydrogen-bond acceptors (Lipinski definition) is 1. The van der Waals surface area contributed by atoms with Gasteiger partial charge < -0.3 is 4.74 Å². The maximum Gasteiger partial charge on any atom is 0.119 e. The van der Waals surface area contributed by atoms with Crippen LogP contribution in [0, 0.1) is 10.8 Å². The van der Waals surface area contributed by atoms with E-state index in [0.29, 0.717) is 5.41 Å². The van der Waals surface area contributed by atoms with Crippen molar-refractivity contribution in [3.63, 3.8) is 0 Å². The van der Waals surface area contributed by atoms with Crippen LogP contribution in [0.3, 0.4) is 0 Å². The lowest BCUT2D eigenvalue weighted by atomic mass is 9.77. The van der Waals surface area contributed by atoms with Crippen molar-refractivity contribution < 1.29 is 4.74 Å². The molecule has 0 N–H and O–H groups in total. The zero-order chi connectivity index (χ0) is 21.2.